The van der Waals surface area contributed by atoms with Gasteiger partial charge in [-0.15, -0.1) is 11.3 Å². The van der Waals surface area contributed by atoms with Gasteiger partial charge in [0.15, 0.2) is 0 Å². The van der Waals surface area contributed by atoms with Gasteiger partial charge in [0.2, 0.25) is 0 Å². The highest BCUT2D eigenvalue weighted by molar-refractivity contribution is 9.10. The van der Waals surface area contributed by atoms with Crippen molar-refractivity contribution in [3.8, 4) is 0 Å². The van der Waals surface area contributed by atoms with Gasteiger partial charge in [-0.1, -0.05) is 52.3 Å². The van der Waals surface area contributed by atoms with Crippen LogP contribution >= 0.6 is 27.3 Å². The Labute approximate surface area is 138 Å². The second kappa shape index (κ2) is 6.30. The summed E-state index contributed by atoms with van der Waals surface area (Å²) in [5, 5.41) is 5.03. The lowest BCUT2D eigenvalue weighted by Crippen LogP contribution is -2.22. The molecule has 0 aliphatic heterocycles. The maximum Gasteiger partial charge on any atom is 0.0391 e. The molecule has 108 valence electrons. The Balaban J connectivity index is 1.79. The normalized spacial score (nSPS) is 14.2. The third kappa shape index (κ3) is 3.20. The van der Waals surface area contributed by atoms with Crippen LogP contribution in [-0.4, -0.2) is 0 Å². The van der Waals surface area contributed by atoms with Gasteiger partial charge in [0, 0.05) is 26.1 Å². The van der Waals surface area contributed by atoms with E-state index in [-0.39, 0.29) is 0 Å². The molecule has 0 radical (unpaired) electrons. The van der Waals surface area contributed by atoms with Crippen molar-refractivity contribution in [2.24, 2.45) is 0 Å². The van der Waals surface area contributed by atoms with Crippen LogP contribution in [0, 0.1) is 0 Å². The van der Waals surface area contributed by atoms with Crippen LogP contribution in [0.25, 0.3) is 10.1 Å². The van der Waals surface area contributed by atoms with E-state index in [1.165, 1.54) is 20.5 Å². The summed E-state index contributed by atoms with van der Waals surface area (Å²) in [6.07, 6.45) is 0. The Bertz CT molecular complexity index is 717. The van der Waals surface area contributed by atoms with Crippen molar-refractivity contribution in [2.45, 2.75) is 25.9 Å². The highest BCUT2D eigenvalue weighted by Crippen LogP contribution is 2.31. The van der Waals surface area contributed by atoms with Gasteiger partial charge in [0.25, 0.3) is 0 Å². The van der Waals surface area contributed by atoms with E-state index >= 15 is 0 Å². The number of halogens is 1. The van der Waals surface area contributed by atoms with E-state index in [1.54, 1.807) is 0 Å². The van der Waals surface area contributed by atoms with Gasteiger partial charge in [-0.2, -0.15) is 0 Å². The molecular formula is C18H18BrNS. The number of fused-ring (bicyclic) bond motifs is 1. The summed E-state index contributed by atoms with van der Waals surface area (Å²) in [7, 11) is 0. The Kier molecular flexibility index (Phi) is 4.43. The van der Waals surface area contributed by atoms with Gasteiger partial charge in [-0.25, -0.2) is 0 Å². The molecule has 1 unspecified atom stereocenters. The van der Waals surface area contributed by atoms with Crippen molar-refractivity contribution in [3.05, 3.63) is 69.5 Å². The predicted molar refractivity (Wildman–Crippen MR) is 95.9 cm³/mol. The molecule has 0 aliphatic carbocycles. The highest BCUT2D eigenvalue weighted by atomic mass is 79.9. The van der Waals surface area contributed by atoms with Crippen molar-refractivity contribution >= 4 is 37.4 Å². The molecule has 0 aliphatic rings. The Morgan fingerprint density at radius 3 is 2.43 bits per heavy atom. The zero-order chi connectivity index (χ0) is 14.8. The fraction of sp³-hybridized carbons (Fsp3) is 0.222. The molecule has 21 heavy (non-hydrogen) atoms. The zero-order valence-corrected chi connectivity index (χ0v) is 14.5. The van der Waals surface area contributed by atoms with Crippen molar-refractivity contribution in [1.82, 2.24) is 5.32 Å². The molecule has 3 heteroatoms. The minimum atomic E-state index is 0.306. The number of hydrogen-bond acceptors (Lipinski definition) is 2. The first-order valence-corrected chi connectivity index (χ1v) is 8.75. The fourth-order valence-electron chi connectivity index (χ4n) is 2.59. The first kappa shape index (κ1) is 14.8. The second-order valence-electron chi connectivity index (χ2n) is 5.32. The molecule has 0 saturated heterocycles. The van der Waals surface area contributed by atoms with Crippen LogP contribution in [-0.2, 0) is 0 Å². The summed E-state index contributed by atoms with van der Waals surface area (Å²) in [6.45, 7) is 4.45. The number of benzene rings is 2. The van der Waals surface area contributed by atoms with E-state index < -0.39 is 0 Å². The molecule has 0 amide bonds. The predicted octanol–water partition coefficient (Wildman–Crippen LogP) is 6.08. The lowest BCUT2D eigenvalue weighted by Gasteiger charge is -2.20. The molecule has 2 atom stereocenters. The molecule has 1 N–H and O–H groups in total. The lowest BCUT2D eigenvalue weighted by molar-refractivity contribution is 0.499. The second-order valence-corrected chi connectivity index (χ2v) is 7.29. The summed E-state index contributed by atoms with van der Waals surface area (Å²) in [5.74, 6) is 0. The van der Waals surface area contributed by atoms with Crippen molar-refractivity contribution in [1.29, 1.82) is 0 Å². The van der Waals surface area contributed by atoms with Crippen LogP contribution in [0.3, 0.4) is 0 Å². The number of nitrogens with one attached hydrogen (secondary N) is 1. The van der Waals surface area contributed by atoms with E-state index in [0.29, 0.717) is 12.1 Å². The zero-order valence-electron chi connectivity index (χ0n) is 12.1. The molecule has 0 saturated carbocycles. The average molecular weight is 360 g/mol. The first-order valence-electron chi connectivity index (χ1n) is 7.14. The minimum Gasteiger partial charge on any atom is -0.303 e. The lowest BCUT2D eigenvalue weighted by atomic mass is 10.1. The topological polar surface area (TPSA) is 12.0 Å². The minimum absolute atomic E-state index is 0.306. The molecule has 1 aromatic heterocycles. The summed E-state index contributed by atoms with van der Waals surface area (Å²) in [4.78, 5) is 1.38. The third-order valence-electron chi connectivity index (χ3n) is 3.74. The van der Waals surface area contributed by atoms with E-state index in [2.05, 4.69) is 89.7 Å². The van der Waals surface area contributed by atoms with E-state index in [0.717, 1.165) is 4.47 Å². The first-order chi connectivity index (χ1) is 10.1. The summed E-state index contributed by atoms with van der Waals surface area (Å²) < 4.78 is 2.52. The Hall–Kier alpha value is -1.16. The van der Waals surface area contributed by atoms with Crippen molar-refractivity contribution < 1.29 is 0 Å². The van der Waals surface area contributed by atoms with Gasteiger partial charge >= 0.3 is 0 Å². The standard InChI is InChI=1S/C18H18BrNS/c1-12(15-8-4-5-9-16(15)19)20-13(2)18-11-14-7-3-6-10-17(14)21-18/h3-13,20H,1-2H3/t12-,13?/m0/s1. The molecule has 3 aromatic rings. The number of rotatable bonds is 4. The van der Waals surface area contributed by atoms with Crippen LogP contribution < -0.4 is 5.32 Å². The molecule has 0 spiro atoms. The fourth-order valence-corrected chi connectivity index (χ4v) is 4.29. The van der Waals surface area contributed by atoms with Gasteiger partial charge in [-0.05, 0) is 43.0 Å². The summed E-state index contributed by atoms with van der Waals surface area (Å²) in [5.41, 5.74) is 1.30. The van der Waals surface area contributed by atoms with Crippen LogP contribution in [0.15, 0.2) is 59.1 Å². The third-order valence-corrected chi connectivity index (χ3v) is 5.76. The van der Waals surface area contributed by atoms with Gasteiger partial charge in [0.1, 0.15) is 0 Å². The van der Waals surface area contributed by atoms with Crippen LogP contribution in [0.1, 0.15) is 36.4 Å². The number of hydrogen-bond donors (Lipinski definition) is 1. The maximum atomic E-state index is 3.69. The van der Waals surface area contributed by atoms with Gasteiger partial charge in [0.05, 0.1) is 0 Å². The highest BCUT2D eigenvalue weighted by Gasteiger charge is 2.14. The summed E-state index contributed by atoms with van der Waals surface area (Å²) in [6, 6.07) is 19.9. The van der Waals surface area contributed by atoms with Crippen LogP contribution in [0.2, 0.25) is 0 Å². The SMILES string of the molecule is CC(N[C@@H](C)c1ccccc1Br)c1cc2ccccc2s1. The monoisotopic (exact) mass is 359 g/mol. The maximum absolute atomic E-state index is 3.69. The van der Waals surface area contributed by atoms with Gasteiger partial charge < -0.3 is 5.32 Å². The van der Waals surface area contributed by atoms with Crippen molar-refractivity contribution in [3.63, 3.8) is 0 Å². The molecule has 0 bridgehead atoms. The molecule has 0 fully saturated rings. The van der Waals surface area contributed by atoms with Gasteiger partial charge in [-0.3, -0.25) is 0 Å². The Morgan fingerprint density at radius 1 is 0.952 bits per heavy atom. The largest absolute Gasteiger partial charge is 0.303 e. The van der Waals surface area contributed by atoms with Crippen LogP contribution in [0.4, 0.5) is 0 Å². The van der Waals surface area contributed by atoms with Crippen LogP contribution in [0.5, 0.6) is 0 Å². The van der Waals surface area contributed by atoms with E-state index in [4.69, 9.17) is 0 Å². The average Bonchev–Trinajstić information content (AvgIpc) is 2.91. The number of thiophene rings is 1. The molecule has 3 rings (SSSR count). The smallest absolute Gasteiger partial charge is 0.0391 e. The van der Waals surface area contributed by atoms with E-state index in [1.807, 2.05) is 11.3 Å². The molecular weight excluding hydrogens is 342 g/mol. The van der Waals surface area contributed by atoms with E-state index in [9.17, 15) is 0 Å². The summed E-state index contributed by atoms with van der Waals surface area (Å²) >= 11 is 5.51. The van der Waals surface area contributed by atoms with Crippen molar-refractivity contribution in [2.75, 3.05) is 0 Å². The molecule has 2 aromatic carbocycles. The molecule has 1 nitrogen and oxygen atoms in total. The Morgan fingerprint density at radius 2 is 1.67 bits per heavy atom. The quantitative estimate of drug-likeness (QED) is 0.595. The molecule has 1 heterocycles.